The van der Waals surface area contributed by atoms with Gasteiger partial charge in [-0.25, -0.2) is 8.78 Å². The van der Waals surface area contributed by atoms with Gasteiger partial charge in [0.2, 0.25) is 5.78 Å². The Bertz CT molecular complexity index is 1070. The van der Waals surface area contributed by atoms with Crippen molar-refractivity contribution in [3.8, 4) is 11.5 Å². The Morgan fingerprint density at radius 2 is 1.71 bits per heavy atom. The molecule has 0 fully saturated rings. The van der Waals surface area contributed by atoms with E-state index in [1.807, 2.05) is 24.3 Å². The summed E-state index contributed by atoms with van der Waals surface area (Å²) in [6.07, 6.45) is 1.66. The van der Waals surface area contributed by atoms with Gasteiger partial charge in [-0.15, -0.1) is 0 Å². The molecule has 0 amide bonds. The molecule has 0 radical (unpaired) electrons. The largest absolute Gasteiger partial charge is 0.489 e. The minimum absolute atomic E-state index is 0.157. The number of fused-ring (bicyclic) bond motifs is 1. The highest BCUT2D eigenvalue weighted by molar-refractivity contribution is 9.10. The lowest BCUT2D eigenvalue weighted by molar-refractivity contribution is 0.101. The van der Waals surface area contributed by atoms with E-state index in [0.29, 0.717) is 17.1 Å². The van der Waals surface area contributed by atoms with Crippen LogP contribution in [0.4, 0.5) is 8.78 Å². The summed E-state index contributed by atoms with van der Waals surface area (Å²) in [6.45, 7) is -0.271. The summed E-state index contributed by atoms with van der Waals surface area (Å²) in [5.74, 6) is -0.683. The number of hydrogen-bond donors (Lipinski definition) is 0. The van der Waals surface area contributed by atoms with Crippen LogP contribution in [0.3, 0.4) is 0 Å². The Kier molecular flexibility index (Phi) is 4.96. The molecular formula is C22H13BrF2O3. The summed E-state index contributed by atoms with van der Waals surface area (Å²) in [5, 5.41) is 0. The van der Waals surface area contributed by atoms with Crippen LogP contribution in [0.1, 0.15) is 21.5 Å². The molecule has 3 aromatic rings. The van der Waals surface area contributed by atoms with Gasteiger partial charge in [0, 0.05) is 10.5 Å². The van der Waals surface area contributed by atoms with E-state index in [2.05, 4.69) is 15.9 Å². The van der Waals surface area contributed by atoms with Crippen LogP contribution in [0.25, 0.3) is 6.08 Å². The molecule has 0 spiro atoms. The normalized spacial score (nSPS) is 14.1. The maximum Gasteiger partial charge on any atom is 0.231 e. The molecule has 0 N–H and O–H groups in total. The maximum atomic E-state index is 13.7. The third kappa shape index (κ3) is 3.68. The third-order valence-corrected chi connectivity index (χ3v) is 4.78. The molecule has 1 aliphatic heterocycles. The van der Waals surface area contributed by atoms with Crippen molar-refractivity contribution in [1.29, 1.82) is 0 Å². The van der Waals surface area contributed by atoms with E-state index < -0.39 is 11.6 Å². The van der Waals surface area contributed by atoms with E-state index in [0.717, 1.165) is 10.0 Å². The average molecular weight is 443 g/mol. The monoisotopic (exact) mass is 442 g/mol. The Morgan fingerprint density at radius 1 is 1.00 bits per heavy atom. The van der Waals surface area contributed by atoms with Gasteiger partial charge in [0.05, 0.1) is 11.1 Å². The molecule has 0 bridgehead atoms. The third-order valence-electron chi connectivity index (χ3n) is 4.25. The minimum Gasteiger partial charge on any atom is -0.489 e. The van der Waals surface area contributed by atoms with Gasteiger partial charge >= 0.3 is 0 Å². The first-order valence-electron chi connectivity index (χ1n) is 8.41. The van der Waals surface area contributed by atoms with Gasteiger partial charge < -0.3 is 9.47 Å². The number of Topliss-reactive ketones (excluding diaryl/α,β-unsaturated/α-hetero) is 1. The fourth-order valence-electron chi connectivity index (χ4n) is 2.79. The Labute approximate surface area is 168 Å². The van der Waals surface area contributed by atoms with Crippen LogP contribution < -0.4 is 9.47 Å². The molecule has 0 saturated heterocycles. The number of rotatable bonds is 4. The van der Waals surface area contributed by atoms with Crippen molar-refractivity contribution in [3.05, 3.63) is 99.2 Å². The molecule has 0 atom stereocenters. The van der Waals surface area contributed by atoms with Crippen molar-refractivity contribution < 1.29 is 23.0 Å². The molecule has 1 heterocycles. The van der Waals surface area contributed by atoms with Crippen LogP contribution in [0.15, 0.2) is 70.9 Å². The Balaban J connectivity index is 1.53. The number of carbonyl (C=O) groups excluding carboxylic acids is 1. The van der Waals surface area contributed by atoms with E-state index in [1.165, 1.54) is 24.3 Å². The summed E-state index contributed by atoms with van der Waals surface area (Å²) in [5.41, 5.74) is 1.08. The minimum atomic E-state index is -0.674. The molecular weight excluding hydrogens is 430 g/mol. The standard InChI is InChI=1S/C22H13BrF2O3/c23-14-6-4-13(5-7-14)10-21-22(26)16-9-8-15(11-20(16)28-21)27-12-17-18(24)2-1-3-19(17)25/h1-11H,12H2/b21-10-. The topological polar surface area (TPSA) is 35.5 Å². The molecule has 4 rings (SSSR count). The molecule has 6 heteroatoms. The van der Waals surface area contributed by atoms with Crippen LogP contribution in [0.5, 0.6) is 11.5 Å². The zero-order chi connectivity index (χ0) is 19.7. The molecule has 3 nitrogen and oxygen atoms in total. The summed E-state index contributed by atoms with van der Waals surface area (Å²) in [4.78, 5) is 12.5. The van der Waals surface area contributed by atoms with Crippen molar-refractivity contribution in [2.75, 3.05) is 0 Å². The van der Waals surface area contributed by atoms with E-state index >= 15 is 0 Å². The van der Waals surface area contributed by atoms with Crippen molar-refractivity contribution in [3.63, 3.8) is 0 Å². The molecule has 3 aromatic carbocycles. The number of ketones is 1. The second-order valence-corrected chi connectivity index (χ2v) is 7.05. The molecule has 140 valence electrons. The molecule has 0 aliphatic carbocycles. The predicted molar refractivity (Wildman–Crippen MR) is 104 cm³/mol. The number of hydrogen-bond acceptors (Lipinski definition) is 3. The van der Waals surface area contributed by atoms with Gasteiger partial charge in [0.25, 0.3) is 0 Å². The highest BCUT2D eigenvalue weighted by atomic mass is 79.9. The second-order valence-electron chi connectivity index (χ2n) is 6.14. The highest BCUT2D eigenvalue weighted by Gasteiger charge is 2.27. The first-order valence-corrected chi connectivity index (χ1v) is 9.20. The fourth-order valence-corrected chi connectivity index (χ4v) is 3.06. The van der Waals surface area contributed by atoms with Gasteiger partial charge in [-0.3, -0.25) is 4.79 Å². The first-order chi connectivity index (χ1) is 13.5. The average Bonchev–Trinajstić information content (AvgIpc) is 2.98. The summed E-state index contributed by atoms with van der Waals surface area (Å²) < 4.78 is 39.5. The SMILES string of the molecule is O=C1/C(=C/c2ccc(Br)cc2)Oc2cc(OCc3c(F)cccc3F)ccc21. The summed E-state index contributed by atoms with van der Waals surface area (Å²) >= 11 is 3.36. The van der Waals surface area contributed by atoms with E-state index in [-0.39, 0.29) is 23.7 Å². The van der Waals surface area contributed by atoms with Gasteiger partial charge in [0.1, 0.15) is 29.7 Å². The van der Waals surface area contributed by atoms with Crippen molar-refractivity contribution in [2.45, 2.75) is 6.61 Å². The van der Waals surface area contributed by atoms with Crippen molar-refractivity contribution in [1.82, 2.24) is 0 Å². The summed E-state index contributed by atoms with van der Waals surface area (Å²) in [6, 6.07) is 15.8. The van der Waals surface area contributed by atoms with Crippen LogP contribution in [0.2, 0.25) is 0 Å². The van der Waals surface area contributed by atoms with Crippen LogP contribution >= 0.6 is 15.9 Å². The second kappa shape index (κ2) is 7.56. The van der Waals surface area contributed by atoms with Gasteiger partial charge in [-0.1, -0.05) is 34.1 Å². The fraction of sp³-hybridized carbons (Fsp3) is 0.0455. The van der Waals surface area contributed by atoms with E-state index in [1.54, 1.807) is 18.2 Å². The van der Waals surface area contributed by atoms with Gasteiger partial charge in [-0.05, 0) is 48.0 Å². The molecule has 1 aliphatic rings. The lowest BCUT2D eigenvalue weighted by Gasteiger charge is -2.09. The highest BCUT2D eigenvalue weighted by Crippen LogP contribution is 2.35. The van der Waals surface area contributed by atoms with Crippen LogP contribution in [0, 0.1) is 11.6 Å². The molecule has 0 saturated carbocycles. The van der Waals surface area contributed by atoms with E-state index in [4.69, 9.17) is 9.47 Å². The van der Waals surface area contributed by atoms with Crippen molar-refractivity contribution >= 4 is 27.8 Å². The number of carbonyl (C=O) groups is 1. The quantitative estimate of drug-likeness (QED) is 0.470. The Morgan fingerprint density at radius 3 is 2.43 bits per heavy atom. The van der Waals surface area contributed by atoms with Crippen molar-refractivity contribution in [2.24, 2.45) is 0 Å². The number of ether oxygens (including phenoxy) is 2. The number of allylic oxidation sites excluding steroid dienone is 1. The number of benzene rings is 3. The maximum absolute atomic E-state index is 13.7. The lowest BCUT2D eigenvalue weighted by Crippen LogP contribution is -2.01. The zero-order valence-electron chi connectivity index (χ0n) is 14.4. The van der Waals surface area contributed by atoms with E-state index in [9.17, 15) is 13.6 Å². The number of halogens is 3. The van der Waals surface area contributed by atoms with Crippen LogP contribution in [-0.4, -0.2) is 5.78 Å². The Hall–Kier alpha value is -2.99. The molecule has 28 heavy (non-hydrogen) atoms. The lowest BCUT2D eigenvalue weighted by atomic mass is 10.1. The molecule has 0 unspecified atom stereocenters. The first kappa shape index (κ1) is 18.4. The zero-order valence-corrected chi connectivity index (χ0v) is 16.0. The smallest absolute Gasteiger partial charge is 0.231 e. The summed E-state index contributed by atoms with van der Waals surface area (Å²) in [7, 11) is 0. The van der Waals surface area contributed by atoms with Gasteiger partial charge in [-0.2, -0.15) is 0 Å². The predicted octanol–water partition coefficient (Wildman–Crippen LogP) is 5.92. The molecule has 0 aromatic heterocycles. The van der Waals surface area contributed by atoms with Crippen LogP contribution in [-0.2, 0) is 6.61 Å². The van der Waals surface area contributed by atoms with Gasteiger partial charge in [0.15, 0.2) is 5.76 Å².